The highest BCUT2D eigenvalue weighted by atomic mass is 16.2. The summed E-state index contributed by atoms with van der Waals surface area (Å²) in [5.41, 5.74) is 1.47. The SMILES string of the molecule is CCC1(CC)CCCN(C(=O)Cc2cccnc2)CC1. The van der Waals surface area contributed by atoms with E-state index in [2.05, 4.69) is 23.7 Å². The van der Waals surface area contributed by atoms with Gasteiger partial charge in [-0.25, -0.2) is 0 Å². The van der Waals surface area contributed by atoms with E-state index in [0.717, 1.165) is 31.5 Å². The normalized spacial score (nSPS) is 18.6. The lowest BCUT2D eigenvalue weighted by Crippen LogP contribution is -2.33. The molecule has 1 saturated heterocycles. The minimum atomic E-state index is 0.251. The molecule has 0 saturated carbocycles. The van der Waals surface area contributed by atoms with Gasteiger partial charge in [-0.1, -0.05) is 32.8 Å². The Morgan fingerprint density at radius 3 is 2.75 bits per heavy atom. The minimum Gasteiger partial charge on any atom is -0.342 e. The lowest BCUT2D eigenvalue weighted by Gasteiger charge is -2.30. The fourth-order valence-electron chi connectivity index (χ4n) is 3.25. The maximum atomic E-state index is 12.4. The van der Waals surface area contributed by atoms with Crippen LogP contribution in [0.4, 0.5) is 0 Å². The summed E-state index contributed by atoms with van der Waals surface area (Å²) in [5.74, 6) is 0.251. The van der Waals surface area contributed by atoms with Crippen molar-refractivity contribution in [1.29, 1.82) is 0 Å². The van der Waals surface area contributed by atoms with Crippen molar-refractivity contribution >= 4 is 5.91 Å². The third-order valence-electron chi connectivity index (χ3n) is 4.98. The number of pyridine rings is 1. The highest BCUT2D eigenvalue weighted by Gasteiger charge is 2.30. The second-order valence-corrected chi connectivity index (χ2v) is 5.98. The molecule has 1 fully saturated rings. The van der Waals surface area contributed by atoms with Crippen molar-refractivity contribution in [2.75, 3.05) is 13.1 Å². The van der Waals surface area contributed by atoms with E-state index in [9.17, 15) is 4.79 Å². The Labute approximate surface area is 122 Å². The summed E-state index contributed by atoms with van der Waals surface area (Å²) < 4.78 is 0. The van der Waals surface area contributed by atoms with Crippen LogP contribution in [0.3, 0.4) is 0 Å². The van der Waals surface area contributed by atoms with Gasteiger partial charge in [0.1, 0.15) is 0 Å². The predicted octanol–water partition coefficient (Wildman–Crippen LogP) is 3.44. The van der Waals surface area contributed by atoms with Crippen LogP contribution in [-0.2, 0) is 11.2 Å². The van der Waals surface area contributed by atoms with Crippen LogP contribution in [0.1, 0.15) is 51.5 Å². The van der Waals surface area contributed by atoms with Crippen molar-refractivity contribution in [3.63, 3.8) is 0 Å². The number of nitrogens with zero attached hydrogens (tertiary/aromatic N) is 2. The zero-order valence-corrected chi connectivity index (χ0v) is 12.8. The molecular formula is C17H26N2O. The Bertz CT molecular complexity index is 426. The highest BCUT2D eigenvalue weighted by Crippen LogP contribution is 2.37. The summed E-state index contributed by atoms with van der Waals surface area (Å²) in [5, 5.41) is 0. The molecular weight excluding hydrogens is 248 g/mol. The van der Waals surface area contributed by atoms with Crippen LogP contribution in [0.25, 0.3) is 0 Å². The van der Waals surface area contributed by atoms with Gasteiger partial charge in [0, 0.05) is 25.5 Å². The first-order valence-corrected chi connectivity index (χ1v) is 7.86. The maximum Gasteiger partial charge on any atom is 0.227 e. The van der Waals surface area contributed by atoms with Crippen LogP contribution >= 0.6 is 0 Å². The number of carbonyl (C=O) groups excluding carboxylic acids is 1. The monoisotopic (exact) mass is 274 g/mol. The molecule has 0 aliphatic carbocycles. The molecule has 0 atom stereocenters. The molecule has 0 radical (unpaired) electrons. The fourth-order valence-corrected chi connectivity index (χ4v) is 3.25. The Balaban J connectivity index is 1.95. The zero-order chi connectivity index (χ0) is 14.4. The second kappa shape index (κ2) is 6.87. The molecule has 2 heterocycles. The van der Waals surface area contributed by atoms with Gasteiger partial charge in [-0.2, -0.15) is 0 Å². The third kappa shape index (κ3) is 3.59. The molecule has 0 spiro atoms. The molecule has 0 N–H and O–H groups in total. The molecule has 1 aromatic heterocycles. The first kappa shape index (κ1) is 15.0. The lowest BCUT2D eigenvalue weighted by atomic mass is 9.76. The molecule has 3 heteroatoms. The van der Waals surface area contributed by atoms with Gasteiger partial charge >= 0.3 is 0 Å². The third-order valence-corrected chi connectivity index (χ3v) is 4.98. The van der Waals surface area contributed by atoms with E-state index in [-0.39, 0.29) is 5.91 Å². The van der Waals surface area contributed by atoms with Gasteiger partial charge in [-0.3, -0.25) is 9.78 Å². The molecule has 20 heavy (non-hydrogen) atoms. The minimum absolute atomic E-state index is 0.251. The van der Waals surface area contributed by atoms with Gasteiger partial charge in [0.05, 0.1) is 6.42 Å². The summed E-state index contributed by atoms with van der Waals surface area (Å²) in [4.78, 5) is 18.5. The van der Waals surface area contributed by atoms with Crippen molar-refractivity contribution in [3.8, 4) is 0 Å². The summed E-state index contributed by atoms with van der Waals surface area (Å²) >= 11 is 0. The summed E-state index contributed by atoms with van der Waals surface area (Å²) in [6, 6.07) is 3.87. The number of hydrogen-bond acceptors (Lipinski definition) is 2. The van der Waals surface area contributed by atoms with E-state index in [1.54, 1.807) is 12.4 Å². The number of rotatable bonds is 4. The Morgan fingerprint density at radius 1 is 1.30 bits per heavy atom. The molecule has 0 bridgehead atoms. The molecule has 0 unspecified atom stereocenters. The smallest absolute Gasteiger partial charge is 0.227 e. The van der Waals surface area contributed by atoms with E-state index >= 15 is 0 Å². The van der Waals surface area contributed by atoms with E-state index in [0.29, 0.717) is 11.8 Å². The van der Waals surface area contributed by atoms with Gasteiger partial charge in [0.2, 0.25) is 5.91 Å². The Kier molecular flexibility index (Phi) is 5.16. The second-order valence-electron chi connectivity index (χ2n) is 5.98. The van der Waals surface area contributed by atoms with Gasteiger partial charge < -0.3 is 4.90 Å². The predicted molar refractivity (Wildman–Crippen MR) is 81.4 cm³/mol. The van der Waals surface area contributed by atoms with E-state index in [1.807, 2.05) is 12.1 Å². The standard InChI is InChI=1S/C17H26N2O/c1-3-17(4-2)8-6-11-19(12-9-17)16(20)13-15-7-5-10-18-14-15/h5,7,10,14H,3-4,6,8-9,11-13H2,1-2H3. The van der Waals surface area contributed by atoms with Crippen molar-refractivity contribution in [2.24, 2.45) is 5.41 Å². The van der Waals surface area contributed by atoms with Gasteiger partial charge in [0.25, 0.3) is 0 Å². The summed E-state index contributed by atoms with van der Waals surface area (Å²) in [7, 11) is 0. The Hall–Kier alpha value is -1.38. The van der Waals surface area contributed by atoms with Gasteiger partial charge in [-0.05, 0) is 36.3 Å². The van der Waals surface area contributed by atoms with Gasteiger partial charge in [-0.15, -0.1) is 0 Å². The zero-order valence-electron chi connectivity index (χ0n) is 12.8. The average Bonchev–Trinajstić information content (AvgIpc) is 2.71. The molecule has 0 aromatic carbocycles. The van der Waals surface area contributed by atoms with Crippen molar-refractivity contribution in [2.45, 2.75) is 52.4 Å². The quantitative estimate of drug-likeness (QED) is 0.842. The van der Waals surface area contributed by atoms with E-state index < -0.39 is 0 Å². The van der Waals surface area contributed by atoms with Crippen LogP contribution in [0.5, 0.6) is 0 Å². The molecule has 2 rings (SSSR count). The van der Waals surface area contributed by atoms with Crippen LogP contribution in [-0.4, -0.2) is 28.9 Å². The number of hydrogen-bond donors (Lipinski definition) is 0. The number of aromatic nitrogens is 1. The van der Waals surface area contributed by atoms with Crippen molar-refractivity contribution in [3.05, 3.63) is 30.1 Å². The van der Waals surface area contributed by atoms with Crippen molar-refractivity contribution < 1.29 is 4.79 Å². The van der Waals surface area contributed by atoms with Gasteiger partial charge in [0.15, 0.2) is 0 Å². The number of carbonyl (C=O) groups is 1. The molecule has 1 aromatic rings. The van der Waals surface area contributed by atoms with Crippen molar-refractivity contribution in [1.82, 2.24) is 9.88 Å². The van der Waals surface area contributed by atoms with E-state index in [1.165, 1.54) is 19.3 Å². The Morgan fingerprint density at radius 2 is 2.10 bits per heavy atom. The summed E-state index contributed by atoms with van der Waals surface area (Å²) in [6.45, 7) is 6.41. The first-order valence-electron chi connectivity index (χ1n) is 7.86. The molecule has 1 amide bonds. The lowest BCUT2D eigenvalue weighted by molar-refractivity contribution is -0.130. The molecule has 1 aliphatic rings. The van der Waals surface area contributed by atoms with E-state index in [4.69, 9.17) is 0 Å². The summed E-state index contributed by atoms with van der Waals surface area (Å²) in [6.07, 6.45) is 10.0. The fraction of sp³-hybridized carbons (Fsp3) is 0.647. The number of amides is 1. The van der Waals surface area contributed by atoms with Crippen LogP contribution in [0.2, 0.25) is 0 Å². The molecule has 1 aliphatic heterocycles. The topological polar surface area (TPSA) is 33.2 Å². The maximum absolute atomic E-state index is 12.4. The van der Waals surface area contributed by atoms with Crippen LogP contribution in [0.15, 0.2) is 24.5 Å². The average molecular weight is 274 g/mol. The largest absolute Gasteiger partial charge is 0.342 e. The number of likely N-dealkylation sites (tertiary alicyclic amines) is 1. The molecule has 110 valence electrons. The first-order chi connectivity index (χ1) is 9.69. The molecule has 3 nitrogen and oxygen atoms in total. The van der Waals surface area contributed by atoms with Crippen LogP contribution in [0, 0.1) is 5.41 Å². The highest BCUT2D eigenvalue weighted by molar-refractivity contribution is 5.78. The van der Waals surface area contributed by atoms with Crippen LogP contribution < -0.4 is 0 Å².